The van der Waals surface area contributed by atoms with Crippen molar-refractivity contribution in [1.82, 2.24) is 8.87 Å². The first kappa shape index (κ1) is 21.9. The Morgan fingerprint density at radius 2 is 1.64 bits per heavy atom. The van der Waals surface area contributed by atoms with E-state index in [1.807, 2.05) is 0 Å². The molecule has 0 amide bonds. The van der Waals surface area contributed by atoms with Gasteiger partial charge in [-0.1, -0.05) is 30.3 Å². The topological polar surface area (TPSA) is 59.4 Å². The summed E-state index contributed by atoms with van der Waals surface area (Å²) in [7, 11) is -3.65. The summed E-state index contributed by atoms with van der Waals surface area (Å²) in [6.07, 6.45) is -3.73. The average molecular weight is 475 g/mol. The lowest BCUT2D eigenvalue weighted by Crippen LogP contribution is -2.49. The predicted octanol–water partition coefficient (Wildman–Crippen LogP) is 4.34. The van der Waals surface area contributed by atoms with E-state index in [1.54, 1.807) is 47.0 Å². The molecule has 2 aliphatic rings. The minimum Gasteiger partial charge on any atom is -0.311 e. The summed E-state index contributed by atoms with van der Waals surface area (Å²) in [4.78, 5) is 13.5. The highest BCUT2D eigenvalue weighted by Crippen LogP contribution is 2.38. The molecule has 5 rings (SSSR count). The zero-order valence-corrected chi connectivity index (χ0v) is 18.3. The van der Waals surface area contributed by atoms with Crippen molar-refractivity contribution in [2.75, 3.05) is 13.1 Å². The monoisotopic (exact) mass is 474 g/mol. The Balaban J connectivity index is 1.49. The third-order valence-corrected chi connectivity index (χ3v) is 8.30. The lowest BCUT2D eigenvalue weighted by Gasteiger charge is -2.42. The average Bonchev–Trinajstić information content (AvgIpc) is 2.80. The molecular formula is C24H21F3N2O3S. The van der Waals surface area contributed by atoms with Crippen LogP contribution in [0.2, 0.25) is 0 Å². The molecule has 1 fully saturated rings. The van der Waals surface area contributed by atoms with Crippen molar-refractivity contribution in [3.63, 3.8) is 0 Å². The van der Waals surface area contributed by atoms with Gasteiger partial charge in [0.1, 0.15) is 0 Å². The Morgan fingerprint density at radius 1 is 0.879 bits per heavy atom. The summed E-state index contributed by atoms with van der Waals surface area (Å²) >= 11 is 0. The second-order valence-corrected chi connectivity index (χ2v) is 10.5. The molecule has 1 saturated heterocycles. The van der Waals surface area contributed by atoms with Gasteiger partial charge in [-0.2, -0.15) is 17.5 Å². The smallest absolute Gasteiger partial charge is 0.311 e. The van der Waals surface area contributed by atoms with E-state index in [-0.39, 0.29) is 40.0 Å². The van der Waals surface area contributed by atoms with E-state index < -0.39 is 21.8 Å². The largest absolute Gasteiger partial charge is 0.416 e. The van der Waals surface area contributed by atoms with E-state index >= 15 is 0 Å². The fraction of sp³-hybridized carbons (Fsp3) is 0.292. The molecule has 5 nitrogen and oxygen atoms in total. The van der Waals surface area contributed by atoms with Crippen LogP contribution in [0.4, 0.5) is 13.2 Å². The molecule has 1 aromatic heterocycles. The number of pyridine rings is 1. The van der Waals surface area contributed by atoms with Gasteiger partial charge in [0.2, 0.25) is 10.0 Å². The standard InChI is InChI=1S/C24H21F3N2O3S/c25-24(26,27)19-6-4-5-17(12-19)21-9-10-22-18-11-16(14-29(22)23(21)30)13-28(15-18)33(31,32)20-7-2-1-3-8-20/h1-10,12,16,18H,11,13-15H2/t16-,18-/m1/s1. The second-order valence-electron chi connectivity index (χ2n) is 8.60. The summed E-state index contributed by atoms with van der Waals surface area (Å²) in [5.74, 6) is -0.205. The van der Waals surface area contributed by atoms with Gasteiger partial charge in [-0.05, 0) is 54.3 Å². The van der Waals surface area contributed by atoms with Gasteiger partial charge in [0, 0.05) is 36.8 Å². The Kier molecular flexibility index (Phi) is 5.21. The molecule has 0 aliphatic carbocycles. The van der Waals surface area contributed by atoms with E-state index in [0.717, 1.165) is 24.2 Å². The van der Waals surface area contributed by atoms with Gasteiger partial charge in [0.15, 0.2) is 0 Å². The van der Waals surface area contributed by atoms with Gasteiger partial charge in [-0.3, -0.25) is 4.79 Å². The molecule has 172 valence electrons. The zero-order chi connectivity index (χ0) is 23.4. The second kappa shape index (κ2) is 7.85. The lowest BCUT2D eigenvalue weighted by atomic mass is 9.84. The number of hydrogen-bond donors (Lipinski definition) is 0. The van der Waals surface area contributed by atoms with Gasteiger partial charge in [0.25, 0.3) is 5.56 Å². The zero-order valence-electron chi connectivity index (χ0n) is 17.5. The van der Waals surface area contributed by atoms with Crippen molar-refractivity contribution in [2.45, 2.75) is 30.0 Å². The van der Waals surface area contributed by atoms with Gasteiger partial charge < -0.3 is 4.57 Å². The van der Waals surface area contributed by atoms with Crippen LogP contribution in [-0.2, 0) is 22.7 Å². The third-order valence-electron chi connectivity index (χ3n) is 6.45. The number of piperidine rings is 1. The van der Waals surface area contributed by atoms with Gasteiger partial charge in [-0.25, -0.2) is 8.42 Å². The number of rotatable bonds is 3. The first-order valence-electron chi connectivity index (χ1n) is 10.6. The number of fused-ring (bicyclic) bond motifs is 4. The highest BCUT2D eigenvalue weighted by atomic mass is 32.2. The van der Waals surface area contributed by atoms with Crippen molar-refractivity contribution in [3.05, 3.63) is 88.3 Å². The first-order valence-corrected chi connectivity index (χ1v) is 12.0. The predicted molar refractivity (Wildman–Crippen MR) is 117 cm³/mol. The summed E-state index contributed by atoms with van der Waals surface area (Å²) in [5.41, 5.74) is -0.00527. The number of sulfonamides is 1. The summed E-state index contributed by atoms with van der Waals surface area (Å²) in [6, 6.07) is 16.3. The first-order chi connectivity index (χ1) is 15.6. The van der Waals surface area contributed by atoms with Crippen LogP contribution in [0.3, 0.4) is 0 Å². The molecule has 3 heterocycles. The molecule has 9 heteroatoms. The Morgan fingerprint density at radius 3 is 2.36 bits per heavy atom. The molecular weight excluding hydrogens is 453 g/mol. The molecule has 0 saturated carbocycles. The molecule has 2 aromatic carbocycles. The summed E-state index contributed by atoms with van der Waals surface area (Å²) in [5, 5.41) is 0. The van der Waals surface area contributed by atoms with Crippen molar-refractivity contribution in [3.8, 4) is 11.1 Å². The number of benzene rings is 2. The molecule has 2 aliphatic heterocycles. The van der Waals surface area contributed by atoms with E-state index in [0.29, 0.717) is 13.1 Å². The van der Waals surface area contributed by atoms with E-state index in [4.69, 9.17) is 0 Å². The number of alkyl halides is 3. The third kappa shape index (κ3) is 3.89. The number of aromatic nitrogens is 1. The van der Waals surface area contributed by atoms with Crippen molar-refractivity contribution < 1.29 is 21.6 Å². The molecule has 2 atom stereocenters. The number of nitrogens with zero attached hydrogens (tertiary/aromatic N) is 2. The van der Waals surface area contributed by atoms with Crippen LogP contribution in [0.25, 0.3) is 11.1 Å². The van der Waals surface area contributed by atoms with Crippen molar-refractivity contribution in [2.24, 2.45) is 5.92 Å². The summed E-state index contributed by atoms with van der Waals surface area (Å²) < 4.78 is 68.7. The fourth-order valence-electron chi connectivity index (χ4n) is 4.92. The highest BCUT2D eigenvalue weighted by molar-refractivity contribution is 7.89. The van der Waals surface area contributed by atoms with Crippen LogP contribution in [0.5, 0.6) is 0 Å². The number of halogens is 3. The maximum atomic E-state index is 13.3. The fourth-order valence-corrected chi connectivity index (χ4v) is 6.50. The van der Waals surface area contributed by atoms with Crippen molar-refractivity contribution in [1.29, 1.82) is 0 Å². The normalized spacial score (nSPS) is 20.9. The maximum absolute atomic E-state index is 13.3. The van der Waals surface area contributed by atoms with Crippen LogP contribution in [0, 0.1) is 5.92 Å². The van der Waals surface area contributed by atoms with Gasteiger partial charge >= 0.3 is 6.18 Å². The Bertz CT molecular complexity index is 1370. The van der Waals surface area contributed by atoms with Gasteiger partial charge in [0.05, 0.1) is 10.5 Å². The molecule has 33 heavy (non-hydrogen) atoms. The van der Waals surface area contributed by atoms with Crippen LogP contribution in [-0.4, -0.2) is 30.4 Å². The lowest BCUT2D eigenvalue weighted by molar-refractivity contribution is -0.137. The van der Waals surface area contributed by atoms with E-state index in [9.17, 15) is 26.4 Å². The number of hydrogen-bond acceptors (Lipinski definition) is 3. The SMILES string of the molecule is O=c1c(-c2cccc(C(F)(F)F)c2)ccc2n1C[C@@H]1C[C@@H]2CN(S(=O)(=O)c2ccccc2)C1. The van der Waals surface area contributed by atoms with Crippen LogP contribution < -0.4 is 5.56 Å². The van der Waals surface area contributed by atoms with Crippen LogP contribution >= 0.6 is 0 Å². The maximum Gasteiger partial charge on any atom is 0.416 e. The van der Waals surface area contributed by atoms with Crippen LogP contribution in [0.1, 0.15) is 23.6 Å². The quantitative estimate of drug-likeness (QED) is 0.568. The summed E-state index contributed by atoms with van der Waals surface area (Å²) in [6.45, 7) is 0.891. The Hall–Kier alpha value is -2.91. The Labute approximate surface area is 189 Å². The van der Waals surface area contributed by atoms with Crippen molar-refractivity contribution >= 4 is 10.0 Å². The van der Waals surface area contributed by atoms with Crippen LogP contribution in [0.15, 0.2) is 76.4 Å². The molecule has 0 spiro atoms. The minimum atomic E-state index is -4.49. The molecule has 0 N–H and O–H groups in total. The van der Waals surface area contributed by atoms with E-state index in [2.05, 4.69) is 0 Å². The molecule has 3 aromatic rings. The minimum absolute atomic E-state index is 0.0517. The molecule has 0 unspecified atom stereocenters. The van der Waals surface area contributed by atoms with E-state index in [1.165, 1.54) is 16.4 Å². The van der Waals surface area contributed by atoms with Gasteiger partial charge in [-0.15, -0.1) is 0 Å². The molecule has 2 bridgehead atoms. The highest BCUT2D eigenvalue weighted by Gasteiger charge is 2.40. The molecule has 0 radical (unpaired) electrons.